The van der Waals surface area contributed by atoms with Gasteiger partial charge in [-0.1, -0.05) is 60.1 Å². The topological polar surface area (TPSA) is 111 Å². The zero-order chi connectivity index (χ0) is 25.4. The molecule has 2 saturated heterocycles. The van der Waals surface area contributed by atoms with Gasteiger partial charge in [0.2, 0.25) is 0 Å². The second-order valence-electron chi connectivity index (χ2n) is 9.54. The predicted octanol–water partition coefficient (Wildman–Crippen LogP) is 5.41. The summed E-state index contributed by atoms with van der Waals surface area (Å²) < 4.78 is 6.03. The third-order valence-electron chi connectivity index (χ3n) is 7.38. The smallest absolute Gasteiger partial charge is 0.414 e. The second kappa shape index (κ2) is 9.58. The minimum atomic E-state index is -1.82. The van der Waals surface area contributed by atoms with Crippen LogP contribution in [0.4, 0.5) is 0 Å². The molecule has 2 bridgehead atoms. The minimum Gasteiger partial charge on any atom is -0.473 e. The van der Waals surface area contributed by atoms with Crippen molar-refractivity contribution in [2.75, 3.05) is 0 Å². The number of benzene rings is 3. The van der Waals surface area contributed by atoms with E-state index in [0.717, 1.165) is 43.4 Å². The van der Waals surface area contributed by atoms with Gasteiger partial charge in [0.25, 0.3) is 0 Å². The van der Waals surface area contributed by atoms with Crippen LogP contribution in [-0.4, -0.2) is 44.2 Å². The monoisotopic (exact) mass is 507 g/mol. The number of aliphatic carboxylic acids is 2. The molecular formula is C28H26ClNO6. The number of nitrogens with zero attached hydrogens (tertiary/aromatic N) is 1. The van der Waals surface area contributed by atoms with Crippen molar-refractivity contribution >= 4 is 45.3 Å². The molecule has 0 aliphatic carbocycles. The molecule has 1 aromatic heterocycles. The Morgan fingerprint density at radius 2 is 1.56 bits per heavy atom. The average Bonchev–Trinajstić information content (AvgIpc) is 3.38. The summed E-state index contributed by atoms with van der Waals surface area (Å²) in [7, 11) is 0. The third-order valence-corrected chi connectivity index (χ3v) is 7.63. The summed E-state index contributed by atoms with van der Waals surface area (Å²) in [5.74, 6) is -3.65. The molecule has 186 valence electrons. The lowest BCUT2D eigenvalue weighted by Gasteiger charge is -2.44. The predicted molar refractivity (Wildman–Crippen MR) is 136 cm³/mol. The van der Waals surface area contributed by atoms with Gasteiger partial charge in [0.1, 0.15) is 5.58 Å². The maximum atomic E-state index is 11.5. The largest absolute Gasteiger partial charge is 0.473 e. The van der Waals surface area contributed by atoms with Crippen LogP contribution >= 0.6 is 11.6 Å². The molecule has 3 N–H and O–H groups in total. The van der Waals surface area contributed by atoms with Gasteiger partial charge in [0.05, 0.1) is 11.9 Å². The Hall–Kier alpha value is -3.39. The number of furan rings is 1. The molecular weight excluding hydrogens is 482 g/mol. The maximum absolute atomic E-state index is 11.5. The van der Waals surface area contributed by atoms with Crippen molar-refractivity contribution in [3.8, 4) is 0 Å². The molecule has 1 unspecified atom stereocenters. The van der Waals surface area contributed by atoms with Gasteiger partial charge in [-0.05, 0) is 48.8 Å². The molecule has 0 amide bonds. The Balaban J connectivity index is 0.000000400. The standard InChI is InChI=1S/C26H24ClNO2.C2H2O4/c27-20-8-6-19(7-9-20)26(29)13-21-10-11-22(14-26)28(21)15-18-16-30-25-23-4-2-1-3-17(23)5-12-24(18)25;3-1(4)2(5)6/h1-9,12,16,21-22,29H,10-11,13-15H2;(H,3,4)(H,5,6)/t21-,22+,26?;. The summed E-state index contributed by atoms with van der Waals surface area (Å²) in [6.07, 6.45) is 5.74. The highest BCUT2D eigenvalue weighted by Gasteiger charge is 2.48. The first kappa shape index (κ1) is 24.3. The Labute approximate surface area is 212 Å². The highest BCUT2D eigenvalue weighted by Crippen LogP contribution is 2.47. The van der Waals surface area contributed by atoms with Crippen LogP contribution in [0.1, 0.15) is 36.8 Å². The van der Waals surface area contributed by atoms with Gasteiger partial charge in [-0.15, -0.1) is 0 Å². The number of piperidine rings is 1. The molecule has 36 heavy (non-hydrogen) atoms. The summed E-state index contributed by atoms with van der Waals surface area (Å²) in [4.78, 5) is 20.8. The number of fused-ring (bicyclic) bond motifs is 5. The minimum absolute atomic E-state index is 0.384. The summed E-state index contributed by atoms with van der Waals surface area (Å²) in [5, 5.41) is 30.5. The molecule has 4 aromatic rings. The van der Waals surface area contributed by atoms with Gasteiger partial charge < -0.3 is 19.7 Å². The van der Waals surface area contributed by atoms with Gasteiger partial charge in [0.15, 0.2) is 0 Å². The van der Waals surface area contributed by atoms with E-state index in [0.29, 0.717) is 17.1 Å². The summed E-state index contributed by atoms with van der Waals surface area (Å²) >= 11 is 6.05. The number of carboxylic acids is 2. The number of halogens is 1. The van der Waals surface area contributed by atoms with Crippen LogP contribution in [0.25, 0.3) is 21.7 Å². The van der Waals surface area contributed by atoms with Gasteiger partial charge in [0, 0.05) is 40.0 Å². The molecule has 8 heteroatoms. The molecule has 0 spiro atoms. The molecule has 6 rings (SSSR count). The Bertz CT molecular complexity index is 1400. The molecule has 0 saturated carbocycles. The Morgan fingerprint density at radius 1 is 0.917 bits per heavy atom. The van der Waals surface area contributed by atoms with E-state index >= 15 is 0 Å². The number of carboxylic acid groups (broad SMARTS) is 2. The van der Waals surface area contributed by atoms with Crippen molar-refractivity contribution in [1.29, 1.82) is 0 Å². The lowest BCUT2D eigenvalue weighted by Crippen LogP contribution is -2.49. The summed E-state index contributed by atoms with van der Waals surface area (Å²) in [5.41, 5.74) is 2.44. The van der Waals surface area contributed by atoms with Crippen LogP contribution in [0.5, 0.6) is 0 Å². The second-order valence-corrected chi connectivity index (χ2v) is 9.98. The zero-order valence-electron chi connectivity index (χ0n) is 19.4. The van der Waals surface area contributed by atoms with Crippen molar-refractivity contribution in [3.05, 3.63) is 83.1 Å². The molecule has 0 radical (unpaired) electrons. The van der Waals surface area contributed by atoms with Crippen molar-refractivity contribution in [1.82, 2.24) is 4.90 Å². The van der Waals surface area contributed by atoms with E-state index in [1.165, 1.54) is 21.7 Å². The van der Waals surface area contributed by atoms with Crippen LogP contribution in [-0.2, 0) is 21.7 Å². The van der Waals surface area contributed by atoms with Gasteiger partial charge in [-0.3, -0.25) is 4.90 Å². The van der Waals surface area contributed by atoms with E-state index in [4.69, 9.17) is 35.8 Å². The van der Waals surface area contributed by atoms with Crippen LogP contribution in [0.2, 0.25) is 5.02 Å². The van der Waals surface area contributed by atoms with Crippen molar-refractivity contribution in [3.63, 3.8) is 0 Å². The number of rotatable bonds is 3. The molecule has 3 atom stereocenters. The number of aliphatic hydroxyl groups is 1. The molecule has 3 heterocycles. The highest BCUT2D eigenvalue weighted by molar-refractivity contribution is 6.30. The molecule has 7 nitrogen and oxygen atoms in total. The normalized spacial score (nSPS) is 23.4. The van der Waals surface area contributed by atoms with Crippen LogP contribution in [0, 0.1) is 0 Å². The SMILES string of the molecule is O=C(O)C(=O)O.OC1(c2ccc(Cl)cc2)C[C@H]2CC[C@@H](C1)N2Cc1coc2c1ccc1ccccc12. The summed E-state index contributed by atoms with van der Waals surface area (Å²) in [6.45, 7) is 0.872. The van der Waals surface area contributed by atoms with E-state index in [2.05, 4.69) is 41.3 Å². The Morgan fingerprint density at radius 3 is 2.19 bits per heavy atom. The van der Waals surface area contributed by atoms with E-state index in [9.17, 15) is 5.11 Å². The fraction of sp³-hybridized carbons (Fsp3) is 0.286. The number of carbonyl (C=O) groups is 2. The van der Waals surface area contributed by atoms with Crippen molar-refractivity contribution < 1.29 is 29.3 Å². The zero-order valence-corrected chi connectivity index (χ0v) is 20.2. The van der Waals surface area contributed by atoms with Gasteiger partial charge >= 0.3 is 11.9 Å². The maximum Gasteiger partial charge on any atom is 0.414 e. The van der Waals surface area contributed by atoms with Gasteiger partial charge in [-0.2, -0.15) is 0 Å². The van der Waals surface area contributed by atoms with Crippen molar-refractivity contribution in [2.45, 2.75) is 49.9 Å². The summed E-state index contributed by atoms with van der Waals surface area (Å²) in [6, 6.07) is 21.2. The quantitative estimate of drug-likeness (QED) is 0.318. The molecule has 2 fully saturated rings. The highest BCUT2D eigenvalue weighted by atomic mass is 35.5. The number of hydrogen-bond donors (Lipinski definition) is 3. The lowest BCUT2D eigenvalue weighted by atomic mass is 9.80. The van der Waals surface area contributed by atoms with Crippen LogP contribution in [0.3, 0.4) is 0 Å². The average molecular weight is 508 g/mol. The molecule has 3 aromatic carbocycles. The first-order valence-corrected chi connectivity index (χ1v) is 12.2. The van der Waals surface area contributed by atoms with E-state index in [1.54, 1.807) is 0 Å². The third kappa shape index (κ3) is 4.57. The van der Waals surface area contributed by atoms with Crippen LogP contribution < -0.4 is 0 Å². The van der Waals surface area contributed by atoms with E-state index in [1.807, 2.05) is 30.5 Å². The Kier molecular flexibility index (Phi) is 6.47. The van der Waals surface area contributed by atoms with E-state index < -0.39 is 17.5 Å². The van der Waals surface area contributed by atoms with E-state index in [-0.39, 0.29) is 0 Å². The lowest BCUT2D eigenvalue weighted by molar-refractivity contribution is -0.159. The van der Waals surface area contributed by atoms with Crippen LogP contribution in [0.15, 0.2) is 71.3 Å². The first-order chi connectivity index (χ1) is 17.2. The molecule has 2 aliphatic rings. The molecule has 2 aliphatic heterocycles. The van der Waals surface area contributed by atoms with Crippen molar-refractivity contribution in [2.24, 2.45) is 0 Å². The fourth-order valence-electron chi connectivity index (χ4n) is 5.71. The fourth-order valence-corrected chi connectivity index (χ4v) is 5.83. The van der Waals surface area contributed by atoms with Gasteiger partial charge in [-0.25, -0.2) is 9.59 Å². The number of hydrogen-bond acceptors (Lipinski definition) is 5. The first-order valence-electron chi connectivity index (χ1n) is 11.8.